The SMILES string of the molecule is O=C(NC[C@H]1CCCO1)c1ccc(Cl)c(Cl)c1. The maximum absolute atomic E-state index is 11.8. The molecule has 0 aliphatic carbocycles. The molecule has 0 unspecified atom stereocenters. The summed E-state index contributed by atoms with van der Waals surface area (Å²) in [4.78, 5) is 11.8. The van der Waals surface area contributed by atoms with Crippen molar-refractivity contribution in [1.82, 2.24) is 5.32 Å². The Hall–Kier alpha value is -0.770. The molecule has 0 spiro atoms. The van der Waals surface area contributed by atoms with Crippen LogP contribution < -0.4 is 5.32 Å². The van der Waals surface area contributed by atoms with Crippen LogP contribution >= 0.6 is 23.2 Å². The normalized spacial score (nSPS) is 19.3. The van der Waals surface area contributed by atoms with Gasteiger partial charge in [-0.1, -0.05) is 23.2 Å². The summed E-state index contributed by atoms with van der Waals surface area (Å²) in [6, 6.07) is 4.83. The molecule has 0 saturated carbocycles. The third-order valence-electron chi connectivity index (χ3n) is 2.70. The van der Waals surface area contributed by atoms with Crippen molar-refractivity contribution in [3.63, 3.8) is 0 Å². The first-order chi connectivity index (χ1) is 8.16. The van der Waals surface area contributed by atoms with E-state index in [0.29, 0.717) is 22.2 Å². The van der Waals surface area contributed by atoms with E-state index in [0.717, 1.165) is 19.4 Å². The fourth-order valence-corrected chi connectivity index (χ4v) is 2.05. The van der Waals surface area contributed by atoms with Gasteiger partial charge in [0.25, 0.3) is 5.91 Å². The Balaban J connectivity index is 1.92. The summed E-state index contributed by atoms with van der Waals surface area (Å²) in [5.41, 5.74) is 0.511. The lowest BCUT2D eigenvalue weighted by molar-refractivity contribution is 0.0858. The van der Waals surface area contributed by atoms with Crippen LogP contribution in [0, 0.1) is 0 Å². The van der Waals surface area contributed by atoms with Gasteiger partial charge in [-0.25, -0.2) is 0 Å². The highest BCUT2D eigenvalue weighted by atomic mass is 35.5. The van der Waals surface area contributed by atoms with E-state index < -0.39 is 0 Å². The molecule has 17 heavy (non-hydrogen) atoms. The van der Waals surface area contributed by atoms with Crippen LogP contribution in [0.3, 0.4) is 0 Å². The topological polar surface area (TPSA) is 38.3 Å². The van der Waals surface area contributed by atoms with E-state index in [1.807, 2.05) is 0 Å². The Bertz CT molecular complexity index is 417. The zero-order chi connectivity index (χ0) is 12.3. The summed E-state index contributed by atoms with van der Waals surface area (Å²) >= 11 is 11.6. The Labute approximate surface area is 110 Å². The molecule has 1 fully saturated rings. The highest BCUT2D eigenvalue weighted by Gasteiger charge is 2.16. The lowest BCUT2D eigenvalue weighted by Gasteiger charge is -2.11. The summed E-state index contributed by atoms with van der Waals surface area (Å²) < 4.78 is 5.42. The van der Waals surface area contributed by atoms with E-state index in [9.17, 15) is 4.79 Å². The number of hydrogen-bond acceptors (Lipinski definition) is 2. The van der Waals surface area contributed by atoms with Crippen molar-refractivity contribution in [2.75, 3.05) is 13.2 Å². The van der Waals surface area contributed by atoms with E-state index in [2.05, 4.69) is 5.32 Å². The number of halogens is 2. The third-order valence-corrected chi connectivity index (χ3v) is 3.44. The summed E-state index contributed by atoms with van der Waals surface area (Å²) in [5.74, 6) is -0.154. The largest absolute Gasteiger partial charge is 0.376 e. The van der Waals surface area contributed by atoms with Crippen LogP contribution in [0.4, 0.5) is 0 Å². The predicted octanol–water partition coefficient (Wildman–Crippen LogP) is 2.90. The smallest absolute Gasteiger partial charge is 0.251 e. The fourth-order valence-electron chi connectivity index (χ4n) is 1.75. The highest BCUT2D eigenvalue weighted by Crippen LogP contribution is 2.22. The Morgan fingerprint density at radius 2 is 2.24 bits per heavy atom. The summed E-state index contributed by atoms with van der Waals surface area (Å²) in [7, 11) is 0. The number of carbonyl (C=O) groups excluding carboxylic acids is 1. The second-order valence-corrected chi connectivity index (χ2v) is 4.79. The van der Waals surface area contributed by atoms with Crippen molar-refractivity contribution in [3.8, 4) is 0 Å². The molecular weight excluding hydrogens is 261 g/mol. The number of rotatable bonds is 3. The number of amides is 1. The van der Waals surface area contributed by atoms with Gasteiger partial charge in [0.15, 0.2) is 0 Å². The molecule has 0 bridgehead atoms. The van der Waals surface area contributed by atoms with Gasteiger partial charge >= 0.3 is 0 Å². The molecule has 1 aliphatic rings. The van der Waals surface area contributed by atoms with Gasteiger partial charge in [0.2, 0.25) is 0 Å². The van der Waals surface area contributed by atoms with Crippen molar-refractivity contribution < 1.29 is 9.53 Å². The molecule has 1 aromatic rings. The van der Waals surface area contributed by atoms with Gasteiger partial charge in [0.05, 0.1) is 16.1 Å². The molecule has 5 heteroatoms. The molecule has 1 atom stereocenters. The first-order valence-corrected chi connectivity index (χ1v) is 6.27. The van der Waals surface area contributed by atoms with Gasteiger partial charge in [0, 0.05) is 18.7 Å². The highest BCUT2D eigenvalue weighted by molar-refractivity contribution is 6.42. The van der Waals surface area contributed by atoms with Crippen molar-refractivity contribution in [1.29, 1.82) is 0 Å². The van der Waals surface area contributed by atoms with Crippen molar-refractivity contribution in [2.45, 2.75) is 18.9 Å². The molecular formula is C12H13Cl2NO2. The Morgan fingerprint density at radius 1 is 1.41 bits per heavy atom. The second kappa shape index (κ2) is 5.71. The maximum atomic E-state index is 11.8. The molecule has 0 radical (unpaired) electrons. The number of carbonyl (C=O) groups is 1. The summed E-state index contributed by atoms with van der Waals surface area (Å²) in [6.45, 7) is 1.33. The van der Waals surface area contributed by atoms with Gasteiger partial charge in [-0.15, -0.1) is 0 Å². The van der Waals surface area contributed by atoms with E-state index in [1.54, 1.807) is 18.2 Å². The summed E-state index contributed by atoms with van der Waals surface area (Å²) in [5, 5.41) is 3.65. The molecule has 92 valence electrons. The van der Waals surface area contributed by atoms with Crippen LogP contribution in [0.2, 0.25) is 10.0 Å². The quantitative estimate of drug-likeness (QED) is 0.920. The maximum Gasteiger partial charge on any atom is 0.251 e. The molecule has 2 rings (SSSR count). The molecule has 1 heterocycles. The minimum absolute atomic E-state index is 0.140. The molecule has 0 aromatic heterocycles. The van der Waals surface area contributed by atoms with Crippen molar-refractivity contribution >= 4 is 29.1 Å². The number of benzene rings is 1. The average molecular weight is 274 g/mol. The zero-order valence-corrected chi connectivity index (χ0v) is 10.7. The molecule has 1 saturated heterocycles. The zero-order valence-electron chi connectivity index (χ0n) is 9.21. The van der Waals surface area contributed by atoms with Crippen LogP contribution in [0.25, 0.3) is 0 Å². The van der Waals surface area contributed by atoms with Gasteiger partial charge in [-0.05, 0) is 31.0 Å². The molecule has 3 nitrogen and oxygen atoms in total. The monoisotopic (exact) mass is 273 g/mol. The van der Waals surface area contributed by atoms with Crippen LogP contribution in [-0.2, 0) is 4.74 Å². The standard InChI is InChI=1S/C12H13Cl2NO2/c13-10-4-3-8(6-11(10)14)12(16)15-7-9-2-1-5-17-9/h3-4,6,9H,1-2,5,7H2,(H,15,16)/t9-/m1/s1. The van der Waals surface area contributed by atoms with Crippen molar-refractivity contribution in [3.05, 3.63) is 33.8 Å². The second-order valence-electron chi connectivity index (χ2n) is 3.97. The van der Waals surface area contributed by atoms with Crippen molar-refractivity contribution in [2.24, 2.45) is 0 Å². The minimum Gasteiger partial charge on any atom is -0.376 e. The number of ether oxygens (including phenoxy) is 1. The van der Waals surface area contributed by atoms with Gasteiger partial charge in [-0.2, -0.15) is 0 Å². The van der Waals surface area contributed by atoms with Gasteiger partial charge in [-0.3, -0.25) is 4.79 Å². The average Bonchev–Trinajstić information content (AvgIpc) is 2.82. The molecule has 1 aliphatic heterocycles. The number of nitrogens with one attached hydrogen (secondary N) is 1. The third kappa shape index (κ3) is 3.35. The predicted molar refractivity (Wildman–Crippen MR) is 67.8 cm³/mol. The van der Waals surface area contributed by atoms with E-state index in [1.165, 1.54) is 0 Å². The lowest BCUT2D eigenvalue weighted by atomic mass is 10.2. The van der Waals surface area contributed by atoms with Gasteiger partial charge in [0.1, 0.15) is 0 Å². The molecule has 1 aromatic carbocycles. The fraction of sp³-hybridized carbons (Fsp3) is 0.417. The summed E-state index contributed by atoms with van der Waals surface area (Å²) in [6.07, 6.45) is 2.20. The van der Waals surface area contributed by atoms with Crippen LogP contribution in [0.5, 0.6) is 0 Å². The first-order valence-electron chi connectivity index (χ1n) is 5.51. The van der Waals surface area contributed by atoms with E-state index in [4.69, 9.17) is 27.9 Å². The van der Waals surface area contributed by atoms with Crippen LogP contribution in [-0.4, -0.2) is 25.2 Å². The van der Waals surface area contributed by atoms with Gasteiger partial charge < -0.3 is 10.1 Å². The Kier molecular flexibility index (Phi) is 4.26. The molecule has 1 N–H and O–H groups in total. The molecule has 1 amide bonds. The van der Waals surface area contributed by atoms with Crippen LogP contribution in [0.15, 0.2) is 18.2 Å². The minimum atomic E-state index is -0.154. The first kappa shape index (κ1) is 12.7. The lowest BCUT2D eigenvalue weighted by Crippen LogP contribution is -2.31. The Morgan fingerprint density at radius 3 is 2.88 bits per heavy atom. The van der Waals surface area contributed by atoms with E-state index >= 15 is 0 Å². The number of hydrogen-bond donors (Lipinski definition) is 1. The van der Waals surface area contributed by atoms with Crippen LogP contribution in [0.1, 0.15) is 23.2 Å². The van der Waals surface area contributed by atoms with E-state index in [-0.39, 0.29) is 12.0 Å².